The Balaban J connectivity index is 1.42. The Morgan fingerprint density at radius 3 is 2.15 bits per heavy atom. The van der Waals surface area contributed by atoms with Crippen molar-refractivity contribution in [1.29, 1.82) is 0 Å². The second-order valence-electron chi connectivity index (χ2n) is 6.36. The highest BCUT2D eigenvalue weighted by molar-refractivity contribution is 5.95. The first-order chi connectivity index (χ1) is 13.2. The number of hydrogen-bond acceptors (Lipinski definition) is 5. The van der Waals surface area contributed by atoms with Gasteiger partial charge in [0.25, 0.3) is 5.91 Å². The van der Waals surface area contributed by atoms with Gasteiger partial charge in [-0.15, -0.1) is 0 Å². The Labute approximate surface area is 157 Å². The molecule has 1 aliphatic rings. The van der Waals surface area contributed by atoms with Crippen LogP contribution in [0.25, 0.3) is 11.1 Å². The van der Waals surface area contributed by atoms with Gasteiger partial charge in [0.1, 0.15) is 11.5 Å². The predicted octanol–water partition coefficient (Wildman–Crippen LogP) is 3.84. The molecule has 136 valence electrons. The van der Waals surface area contributed by atoms with E-state index in [2.05, 4.69) is 15.3 Å². The molecule has 1 fully saturated rings. The van der Waals surface area contributed by atoms with Gasteiger partial charge < -0.3 is 14.8 Å². The Morgan fingerprint density at radius 1 is 0.926 bits per heavy atom. The third kappa shape index (κ3) is 4.23. The second kappa shape index (κ2) is 7.45. The SMILES string of the molecule is COc1ccc(Oc2ncc(-c3ccc(C(=O)NC4CC4)cc3)cn2)cc1. The van der Waals surface area contributed by atoms with E-state index in [-0.39, 0.29) is 11.9 Å². The number of aromatic nitrogens is 2. The molecule has 1 heterocycles. The van der Waals surface area contributed by atoms with Gasteiger partial charge in [0.15, 0.2) is 0 Å². The quantitative estimate of drug-likeness (QED) is 0.722. The van der Waals surface area contributed by atoms with Crippen molar-refractivity contribution in [2.24, 2.45) is 0 Å². The van der Waals surface area contributed by atoms with Gasteiger partial charge in [-0.3, -0.25) is 4.79 Å². The number of nitrogens with zero attached hydrogens (tertiary/aromatic N) is 2. The van der Waals surface area contributed by atoms with Gasteiger partial charge in [-0.25, -0.2) is 9.97 Å². The van der Waals surface area contributed by atoms with Crippen molar-refractivity contribution in [3.8, 4) is 28.6 Å². The lowest BCUT2D eigenvalue weighted by molar-refractivity contribution is 0.0951. The van der Waals surface area contributed by atoms with E-state index >= 15 is 0 Å². The zero-order chi connectivity index (χ0) is 18.6. The first kappa shape index (κ1) is 17.0. The molecule has 2 aromatic carbocycles. The molecule has 1 aromatic heterocycles. The number of carbonyl (C=O) groups is 1. The summed E-state index contributed by atoms with van der Waals surface area (Å²) in [5.41, 5.74) is 2.45. The summed E-state index contributed by atoms with van der Waals surface area (Å²) >= 11 is 0. The van der Waals surface area contributed by atoms with Gasteiger partial charge in [-0.1, -0.05) is 12.1 Å². The minimum atomic E-state index is -0.0245. The zero-order valence-electron chi connectivity index (χ0n) is 14.9. The van der Waals surface area contributed by atoms with Gasteiger partial charge in [0.05, 0.1) is 7.11 Å². The standard InChI is InChI=1S/C21H19N3O3/c1-26-18-8-10-19(11-9-18)27-21-22-12-16(13-23-21)14-2-4-15(5-3-14)20(25)24-17-6-7-17/h2-5,8-13,17H,6-7H2,1H3,(H,24,25). The highest BCUT2D eigenvalue weighted by Gasteiger charge is 2.23. The van der Waals surface area contributed by atoms with Crippen LogP contribution in [0.3, 0.4) is 0 Å². The number of amides is 1. The number of rotatable bonds is 6. The molecule has 4 rings (SSSR count). The summed E-state index contributed by atoms with van der Waals surface area (Å²) in [6, 6.07) is 15.2. The third-order valence-electron chi connectivity index (χ3n) is 4.29. The van der Waals surface area contributed by atoms with Gasteiger partial charge in [-0.2, -0.15) is 0 Å². The van der Waals surface area contributed by atoms with Crippen LogP contribution in [0.5, 0.6) is 17.5 Å². The summed E-state index contributed by atoms with van der Waals surface area (Å²) in [7, 11) is 1.61. The molecule has 1 saturated carbocycles. The number of benzene rings is 2. The fourth-order valence-corrected chi connectivity index (χ4v) is 2.58. The van der Waals surface area contributed by atoms with Gasteiger partial charge in [0, 0.05) is 29.6 Å². The van der Waals surface area contributed by atoms with E-state index in [9.17, 15) is 4.79 Å². The topological polar surface area (TPSA) is 73.3 Å². The molecule has 0 bridgehead atoms. The van der Waals surface area contributed by atoms with Crippen molar-refractivity contribution >= 4 is 5.91 Å². The first-order valence-electron chi connectivity index (χ1n) is 8.76. The summed E-state index contributed by atoms with van der Waals surface area (Å²) in [6.07, 6.45) is 5.55. The van der Waals surface area contributed by atoms with Crippen molar-refractivity contribution < 1.29 is 14.3 Å². The van der Waals surface area contributed by atoms with Crippen LogP contribution in [-0.2, 0) is 0 Å². The van der Waals surface area contributed by atoms with Gasteiger partial charge in [0.2, 0.25) is 0 Å². The second-order valence-corrected chi connectivity index (χ2v) is 6.36. The van der Waals surface area contributed by atoms with Crippen LogP contribution < -0.4 is 14.8 Å². The average Bonchev–Trinajstić information content (AvgIpc) is 3.53. The van der Waals surface area contributed by atoms with Crippen molar-refractivity contribution in [2.75, 3.05) is 7.11 Å². The molecular weight excluding hydrogens is 342 g/mol. The fraction of sp³-hybridized carbons (Fsp3) is 0.190. The number of carbonyl (C=O) groups excluding carboxylic acids is 1. The Bertz CT molecular complexity index is 918. The maximum Gasteiger partial charge on any atom is 0.321 e. The highest BCUT2D eigenvalue weighted by atomic mass is 16.5. The molecule has 1 amide bonds. The van der Waals surface area contributed by atoms with E-state index in [0.717, 1.165) is 29.7 Å². The Kier molecular flexibility index (Phi) is 4.70. The van der Waals surface area contributed by atoms with Crippen molar-refractivity contribution in [1.82, 2.24) is 15.3 Å². The van der Waals surface area contributed by atoms with Crippen molar-refractivity contribution in [3.63, 3.8) is 0 Å². The van der Waals surface area contributed by atoms with Crippen LogP contribution in [0.2, 0.25) is 0 Å². The molecule has 0 spiro atoms. The number of ether oxygens (including phenoxy) is 2. The minimum Gasteiger partial charge on any atom is -0.497 e. The Morgan fingerprint density at radius 2 is 1.56 bits per heavy atom. The van der Waals surface area contributed by atoms with Gasteiger partial charge >= 0.3 is 6.01 Å². The largest absolute Gasteiger partial charge is 0.497 e. The summed E-state index contributed by atoms with van der Waals surface area (Å²) in [5, 5.41) is 2.98. The molecule has 0 aliphatic heterocycles. The van der Waals surface area contributed by atoms with Crippen LogP contribution in [0, 0.1) is 0 Å². The lowest BCUT2D eigenvalue weighted by atomic mass is 10.1. The Hall–Kier alpha value is -3.41. The molecule has 0 saturated heterocycles. The molecule has 0 atom stereocenters. The summed E-state index contributed by atoms with van der Waals surface area (Å²) in [4.78, 5) is 20.5. The van der Waals surface area contributed by atoms with Crippen LogP contribution >= 0.6 is 0 Å². The molecule has 6 heteroatoms. The van der Waals surface area contributed by atoms with E-state index in [1.165, 1.54) is 0 Å². The van der Waals surface area contributed by atoms with E-state index in [1.54, 1.807) is 31.6 Å². The lowest BCUT2D eigenvalue weighted by Crippen LogP contribution is -2.25. The summed E-state index contributed by atoms with van der Waals surface area (Å²) in [5.74, 6) is 1.37. The van der Waals surface area contributed by atoms with Crippen LogP contribution in [0.1, 0.15) is 23.2 Å². The molecule has 1 aliphatic carbocycles. The minimum absolute atomic E-state index is 0.0245. The summed E-state index contributed by atoms with van der Waals surface area (Å²) < 4.78 is 10.7. The maximum absolute atomic E-state index is 12.0. The molecule has 0 unspecified atom stereocenters. The normalized spacial score (nSPS) is 13.1. The van der Waals surface area contributed by atoms with E-state index in [4.69, 9.17) is 9.47 Å². The van der Waals surface area contributed by atoms with Crippen molar-refractivity contribution in [3.05, 3.63) is 66.5 Å². The monoisotopic (exact) mass is 361 g/mol. The number of methoxy groups -OCH3 is 1. The van der Waals surface area contributed by atoms with Crippen LogP contribution in [0.4, 0.5) is 0 Å². The molecule has 1 N–H and O–H groups in total. The smallest absolute Gasteiger partial charge is 0.321 e. The molecule has 0 radical (unpaired) electrons. The number of hydrogen-bond donors (Lipinski definition) is 1. The van der Waals surface area contributed by atoms with Crippen molar-refractivity contribution in [2.45, 2.75) is 18.9 Å². The molecular formula is C21H19N3O3. The van der Waals surface area contributed by atoms with E-state index in [0.29, 0.717) is 17.4 Å². The molecule has 27 heavy (non-hydrogen) atoms. The third-order valence-corrected chi connectivity index (χ3v) is 4.29. The average molecular weight is 361 g/mol. The molecule has 6 nitrogen and oxygen atoms in total. The fourth-order valence-electron chi connectivity index (χ4n) is 2.58. The van der Waals surface area contributed by atoms with Crippen LogP contribution in [-0.4, -0.2) is 29.0 Å². The predicted molar refractivity (Wildman–Crippen MR) is 101 cm³/mol. The van der Waals surface area contributed by atoms with Gasteiger partial charge in [-0.05, 0) is 54.8 Å². The first-order valence-corrected chi connectivity index (χ1v) is 8.76. The maximum atomic E-state index is 12.0. The zero-order valence-corrected chi connectivity index (χ0v) is 14.9. The van der Waals surface area contributed by atoms with E-state index < -0.39 is 0 Å². The highest BCUT2D eigenvalue weighted by Crippen LogP contribution is 2.24. The summed E-state index contributed by atoms with van der Waals surface area (Å²) in [6.45, 7) is 0. The van der Waals surface area contributed by atoms with Crippen LogP contribution in [0.15, 0.2) is 60.9 Å². The lowest BCUT2D eigenvalue weighted by Gasteiger charge is -2.07. The van der Waals surface area contributed by atoms with E-state index in [1.807, 2.05) is 36.4 Å². The number of nitrogens with one attached hydrogen (secondary N) is 1. The molecule has 3 aromatic rings.